The highest BCUT2D eigenvalue weighted by atomic mass is 19.3. The molecule has 0 fully saturated rings. The van der Waals surface area contributed by atoms with Gasteiger partial charge in [-0.1, -0.05) is 0 Å². The minimum Gasteiger partial charge on any atom is -0.465 e. The average molecular weight is 161 g/mol. The van der Waals surface area contributed by atoms with E-state index in [-0.39, 0.29) is 5.71 Å². The van der Waals surface area contributed by atoms with E-state index in [2.05, 4.69) is 9.73 Å². The van der Waals surface area contributed by atoms with Crippen LogP contribution in [0.2, 0.25) is 0 Å². The number of esters is 1. The number of nitrogens with zero attached hydrogens (tertiary/aromatic N) is 1. The Hall–Kier alpha value is -1.00. The molecular formula is C6H5F2NO2. The summed E-state index contributed by atoms with van der Waals surface area (Å²) in [5.41, 5.74) is -0.280. The zero-order chi connectivity index (χ0) is 8.48. The first-order valence-corrected chi connectivity index (χ1v) is 2.85. The summed E-state index contributed by atoms with van der Waals surface area (Å²) in [5, 5.41) is 0. The van der Waals surface area contributed by atoms with Gasteiger partial charge in [-0.05, 0) is 0 Å². The minimum atomic E-state index is -3.11. The normalized spacial score (nSPS) is 21.2. The van der Waals surface area contributed by atoms with Crippen molar-refractivity contribution in [3.8, 4) is 0 Å². The van der Waals surface area contributed by atoms with Crippen molar-refractivity contribution in [1.29, 1.82) is 0 Å². The minimum absolute atomic E-state index is 0.280. The fraction of sp³-hybridized carbons (Fsp3) is 0.500. The molecule has 1 heterocycles. The Labute approximate surface area is 62.1 Å². The Balaban J connectivity index is 2.60. The summed E-state index contributed by atoms with van der Waals surface area (Å²) in [5.74, 6) is -3.93. The Morgan fingerprint density at radius 1 is 1.82 bits per heavy atom. The summed E-state index contributed by atoms with van der Waals surface area (Å²) in [7, 11) is 1.11. The van der Waals surface area contributed by atoms with Crippen LogP contribution in [-0.2, 0) is 9.53 Å². The van der Waals surface area contributed by atoms with Crippen LogP contribution < -0.4 is 0 Å². The topological polar surface area (TPSA) is 38.7 Å². The van der Waals surface area contributed by atoms with E-state index in [1.807, 2.05) is 0 Å². The van der Waals surface area contributed by atoms with Gasteiger partial charge < -0.3 is 4.74 Å². The summed E-state index contributed by atoms with van der Waals surface area (Å²) in [6.45, 7) is 1.51. The zero-order valence-electron chi connectivity index (χ0n) is 5.73. The number of methoxy groups -OCH3 is 1. The molecule has 0 N–H and O–H groups in total. The number of hydrogen-bond acceptors (Lipinski definition) is 3. The molecule has 11 heavy (non-hydrogen) atoms. The summed E-state index contributed by atoms with van der Waals surface area (Å²) >= 11 is 0. The van der Waals surface area contributed by atoms with E-state index in [9.17, 15) is 13.6 Å². The van der Waals surface area contributed by atoms with Gasteiger partial charge in [0.25, 0.3) is 5.92 Å². The molecule has 0 amide bonds. The van der Waals surface area contributed by atoms with Gasteiger partial charge in [0.15, 0.2) is 6.54 Å². The quantitative estimate of drug-likeness (QED) is 0.530. The fourth-order valence-corrected chi connectivity index (χ4v) is 0.674. The van der Waals surface area contributed by atoms with E-state index in [0.29, 0.717) is 0 Å². The van der Waals surface area contributed by atoms with Crippen molar-refractivity contribution >= 4 is 11.7 Å². The molecule has 0 aromatic carbocycles. The number of alkyl halides is 2. The molecule has 0 spiro atoms. The lowest BCUT2D eigenvalue weighted by Crippen LogP contribution is -2.19. The van der Waals surface area contributed by atoms with Gasteiger partial charge in [-0.25, -0.2) is 13.6 Å². The van der Waals surface area contributed by atoms with Gasteiger partial charge in [-0.15, -0.1) is 0 Å². The monoisotopic (exact) mass is 161 g/mol. The third kappa shape index (κ3) is 1.72. The fourth-order valence-electron chi connectivity index (χ4n) is 0.674. The Bertz CT molecular complexity index is 213. The lowest BCUT2D eigenvalue weighted by atomic mass is 10.2. The van der Waals surface area contributed by atoms with Crippen molar-refractivity contribution in [2.75, 3.05) is 7.11 Å². The molecule has 0 saturated heterocycles. The maximum atomic E-state index is 12.3. The maximum Gasteiger partial charge on any atom is 0.352 e. The van der Waals surface area contributed by atoms with E-state index in [1.54, 1.807) is 0 Å². The largest absolute Gasteiger partial charge is 0.465 e. The third-order valence-electron chi connectivity index (χ3n) is 1.16. The number of ether oxygens (including phenoxy) is 1. The van der Waals surface area contributed by atoms with Crippen LogP contribution in [0, 0.1) is 6.54 Å². The van der Waals surface area contributed by atoms with Crippen LogP contribution in [0.1, 0.15) is 6.42 Å². The van der Waals surface area contributed by atoms with Crippen LogP contribution >= 0.6 is 0 Å². The molecule has 1 aliphatic heterocycles. The Morgan fingerprint density at radius 2 is 2.45 bits per heavy atom. The van der Waals surface area contributed by atoms with Crippen molar-refractivity contribution < 1.29 is 18.3 Å². The molecule has 1 rings (SSSR count). The van der Waals surface area contributed by atoms with Crippen molar-refractivity contribution in [2.45, 2.75) is 12.3 Å². The second-order valence-corrected chi connectivity index (χ2v) is 2.04. The summed E-state index contributed by atoms with van der Waals surface area (Å²) in [6, 6.07) is 0. The molecule has 2 radical (unpaired) electrons. The molecule has 5 heteroatoms. The van der Waals surface area contributed by atoms with E-state index < -0.39 is 18.3 Å². The van der Waals surface area contributed by atoms with Crippen molar-refractivity contribution in [2.24, 2.45) is 4.99 Å². The molecule has 0 bridgehead atoms. The number of aliphatic imine (C=N–C) groups is 1. The predicted octanol–water partition coefficient (Wildman–Crippen LogP) is 0.678. The van der Waals surface area contributed by atoms with Gasteiger partial charge in [0.1, 0.15) is 5.71 Å². The van der Waals surface area contributed by atoms with Gasteiger partial charge in [-0.2, -0.15) is 0 Å². The number of halogens is 2. The van der Waals surface area contributed by atoms with Crippen LogP contribution in [0.5, 0.6) is 0 Å². The zero-order valence-corrected chi connectivity index (χ0v) is 5.73. The SMILES string of the molecule is COC(=O)C1=N[C]C(F)(F)C1. The van der Waals surface area contributed by atoms with Crippen LogP contribution in [0.3, 0.4) is 0 Å². The van der Waals surface area contributed by atoms with Crippen LogP contribution in [-0.4, -0.2) is 24.7 Å². The van der Waals surface area contributed by atoms with Crippen molar-refractivity contribution in [3.63, 3.8) is 0 Å². The highest BCUT2D eigenvalue weighted by Gasteiger charge is 2.40. The van der Waals surface area contributed by atoms with Crippen molar-refractivity contribution in [1.82, 2.24) is 0 Å². The Morgan fingerprint density at radius 3 is 2.82 bits per heavy atom. The molecule has 60 valence electrons. The molecule has 1 aliphatic rings. The smallest absolute Gasteiger partial charge is 0.352 e. The summed E-state index contributed by atoms with van der Waals surface area (Å²) < 4.78 is 28.7. The molecule has 0 aromatic heterocycles. The van der Waals surface area contributed by atoms with E-state index in [4.69, 9.17) is 0 Å². The summed E-state index contributed by atoms with van der Waals surface area (Å²) in [6.07, 6.45) is -0.709. The van der Waals surface area contributed by atoms with Gasteiger partial charge in [0, 0.05) is 0 Å². The van der Waals surface area contributed by atoms with Gasteiger partial charge in [-0.3, -0.25) is 4.99 Å². The Kier molecular flexibility index (Phi) is 1.89. The number of hydrogen-bond donors (Lipinski definition) is 0. The summed E-state index contributed by atoms with van der Waals surface area (Å²) in [4.78, 5) is 13.7. The van der Waals surface area contributed by atoms with Crippen LogP contribution in [0.4, 0.5) is 8.78 Å². The standard InChI is InChI=1S/C6H5F2NO2/c1-11-5(10)4-2-6(7,8)3-9-4/h2H2,1H3. The molecule has 0 unspecified atom stereocenters. The number of rotatable bonds is 1. The molecule has 3 nitrogen and oxygen atoms in total. The average Bonchev–Trinajstić information content (AvgIpc) is 2.29. The molecule has 0 saturated carbocycles. The van der Waals surface area contributed by atoms with E-state index >= 15 is 0 Å². The van der Waals surface area contributed by atoms with Crippen LogP contribution in [0.15, 0.2) is 4.99 Å². The molecule has 0 aliphatic carbocycles. The molecule has 0 aromatic rings. The molecular weight excluding hydrogens is 156 g/mol. The second-order valence-electron chi connectivity index (χ2n) is 2.04. The number of carbonyl (C=O) groups excluding carboxylic acids is 1. The first-order valence-electron chi connectivity index (χ1n) is 2.85. The molecule has 0 atom stereocenters. The van der Waals surface area contributed by atoms with E-state index in [1.165, 1.54) is 6.54 Å². The highest BCUT2D eigenvalue weighted by Crippen LogP contribution is 2.28. The first kappa shape index (κ1) is 8.10. The van der Waals surface area contributed by atoms with Gasteiger partial charge in [0.2, 0.25) is 0 Å². The van der Waals surface area contributed by atoms with Gasteiger partial charge >= 0.3 is 5.97 Å². The van der Waals surface area contributed by atoms with E-state index in [0.717, 1.165) is 7.11 Å². The second kappa shape index (κ2) is 2.56. The lowest BCUT2D eigenvalue weighted by Gasteiger charge is -2.02. The maximum absolute atomic E-state index is 12.3. The first-order chi connectivity index (χ1) is 5.05. The number of carbonyl (C=O) groups is 1. The predicted molar refractivity (Wildman–Crippen MR) is 32.3 cm³/mol. The van der Waals surface area contributed by atoms with Crippen molar-refractivity contribution in [3.05, 3.63) is 6.54 Å². The highest BCUT2D eigenvalue weighted by molar-refractivity contribution is 6.37. The lowest BCUT2D eigenvalue weighted by molar-refractivity contribution is -0.133. The van der Waals surface area contributed by atoms with Crippen LogP contribution in [0.25, 0.3) is 0 Å². The third-order valence-corrected chi connectivity index (χ3v) is 1.16. The van der Waals surface area contributed by atoms with Gasteiger partial charge in [0.05, 0.1) is 13.5 Å².